The van der Waals surface area contributed by atoms with Crippen molar-refractivity contribution in [2.24, 2.45) is 0 Å². The van der Waals surface area contributed by atoms with E-state index >= 15 is 0 Å². The molecule has 1 heterocycles. The molecule has 0 amide bonds. The number of rotatable bonds is 10. The SMILES string of the molecule is CCCCCN(CCCCC)C1CCC(=O)CC1c1ccc(Cl)nc1. The number of halogens is 1. The fourth-order valence-electron chi connectivity index (χ4n) is 3.95. The third-order valence-electron chi connectivity index (χ3n) is 5.38. The summed E-state index contributed by atoms with van der Waals surface area (Å²) in [7, 11) is 0. The zero-order valence-corrected chi connectivity index (χ0v) is 16.6. The lowest BCUT2D eigenvalue weighted by molar-refractivity contribution is -0.122. The molecule has 0 bridgehead atoms. The molecule has 0 spiro atoms. The highest BCUT2D eigenvalue weighted by Crippen LogP contribution is 2.35. The lowest BCUT2D eigenvalue weighted by Crippen LogP contribution is -2.44. The summed E-state index contributed by atoms with van der Waals surface area (Å²) in [5.41, 5.74) is 1.17. The second-order valence-corrected chi connectivity index (χ2v) is 7.71. The molecule has 140 valence electrons. The fourth-order valence-corrected chi connectivity index (χ4v) is 4.06. The monoisotopic (exact) mass is 364 g/mol. The van der Waals surface area contributed by atoms with Crippen molar-refractivity contribution in [3.8, 4) is 0 Å². The maximum atomic E-state index is 12.1. The third-order valence-corrected chi connectivity index (χ3v) is 5.60. The van der Waals surface area contributed by atoms with Crippen LogP contribution in [0.3, 0.4) is 0 Å². The maximum absolute atomic E-state index is 12.1. The fraction of sp³-hybridized carbons (Fsp3) is 0.714. The van der Waals surface area contributed by atoms with Crippen molar-refractivity contribution >= 4 is 17.4 Å². The highest BCUT2D eigenvalue weighted by molar-refractivity contribution is 6.29. The van der Waals surface area contributed by atoms with Crippen LogP contribution in [-0.4, -0.2) is 34.8 Å². The Labute approximate surface area is 158 Å². The van der Waals surface area contributed by atoms with Crippen molar-refractivity contribution in [3.63, 3.8) is 0 Å². The van der Waals surface area contributed by atoms with Crippen LogP contribution in [0.15, 0.2) is 18.3 Å². The van der Waals surface area contributed by atoms with Crippen LogP contribution in [0.4, 0.5) is 0 Å². The first kappa shape index (κ1) is 20.4. The molecule has 0 saturated heterocycles. The van der Waals surface area contributed by atoms with Gasteiger partial charge in [0.1, 0.15) is 10.9 Å². The zero-order chi connectivity index (χ0) is 18.1. The Hall–Kier alpha value is -0.930. The Bertz CT molecular complexity index is 507. The van der Waals surface area contributed by atoms with Crippen LogP contribution < -0.4 is 0 Å². The minimum absolute atomic E-state index is 0.259. The van der Waals surface area contributed by atoms with Gasteiger partial charge in [-0.2, -0.15) is 0 Å². The summed E-state index contributed by atoms with van der Waals surface area (Å²) < 4.78 is 0. The lowest BCUT2D eigenvalue weighted by Gasteiger charge is -2.40. The molecule has 1 aromatic rings. The Morgan fingerprint density at radius 2 is 1.80 bits per heavy atom. The minimum atomic E-state index is 0.259. The second-order valence-electron chi connectivity index (χ2n) is 7.32. The van der Waals surface area contributed by atoms with E-state index in [-0.39, 0.29) is 5.92 Å². The van der Waals surface area contributed by atoms with Crippen LogP contribution in [0.1, 0.15) is 83.1 Å². The highest BCUT2D eigenvalue weighted by Gasteiger charge is 2.34. The number of carbonyl (C=O) groups excluding carboxylic acids is 1. The van der Waals surface area contributed by atoms with Gasteiger partial charge in [-0.05, 0) is 44.0 Å². The molecule has 1 saturated carbocycles. The van der Waals surface area contributed by atoms with Gasteiger partial charge in [-0.1, -0.05) is 57.2 Å². The minimum Gasteiger partial charge on any atom is -0.300 e. The predicted molar refractivity (Wildman–Crippen MR) is 105 cm³/mol. The number of Topliss-reactive ketones (excluding diaryl/α,β-unsaturated/α-hetero) is 1. The zero-order valence-electron chi connectivity index (χ0n) is 15.8. The predicted octanol–water partition coefficient (Wildman–Crippen LogP) is 5.62. The van der Waals surface area contributed by atoms with Gasteiger partial charge in [0.25, 0.3) is 0 Å². The van der Waals surface area contributed by atoms with E-state index in [0.717, 1.165) is 25.9 Å². The van der Waals surface area contributed by atoms with Crippen molar-refractivity contribution in [2.45, 2.75) is 83.6 Å². The normalized spacial score (nSPS) is 21.0. The van der Waals surface area contributed by atoms with E-state index in [2.05, 4.69) is 29.8 Å². The van der Waals surface area contributed by atoms with Crippen LogP contribution in [-0.2, 0) is 4.79 Å². The molecule has 2 unspecified atom stereocenters. The molecule has 4 heteroatoms. The molecule has 1 aliphatic rings. The van der Waals surface area contributed by atoms with E-state index in [1.807, 2.05) is 12.3 Å². The molecule has 1 aliphatic carbocycles. The summed E-state index contributed by atoms with van der Waals surface area (Å²) in [5, 5.41) is 0.519. The first-order chi connectivity index (χ1) is 12.2. The smallest absolute Gasteiger partial charge is 0.133 e. The van der Waals surface area contributed by atoms with Gasteiger partial charge in [0.15, 0.2) is 0 Å². The van der Waals surface area contributed by atoms with Crippen LogP contribution in [0.5, 0.6) is 0 Å². The number of carbonyl (C=O) groups is 1. The van der Waals surface area contributed by atoms with Crippen LogP contribution in [0.2, 0.25) is 5.15 Å². The molecule has 2 rings (SSSR count). The average Bonchev–Trinajstić information content (AvgIpc) is 2.61. The number of hydrogen-bond acceptors (Lipinski definition) is 3. The number of pyridine rings is 1. The number of aromatic nitrogens is 1. The quantitative estimate of drug-likeness (QED) is 0.399. The van der Waals surface area contributed by atoms with Gasteiger partial charge >= 0.3 is 0 Å². The van der Waals surface area contributed by atoms with Crippen molar-refractivity contribution in [1.29, 1.82) is 0 Å². The van der Waals surface area contributed by atoms with Crippen LogP contribution in [0.25, 0.3) is 0 Å². The summed E-state index contributed by atoms with van der Waals surface area (Å²) in [6, 6.07) is 4.36. The first-order valence-electron chi connectivity index (χ1n) is 10.0. The van der Waals surface area contributed by atoms with Crippen molar-refractivity contribution < 1.29 is 4.79 Å². The standard InChI is InChI=1S/C21H33ClN2O/c1-3-5-7-13-24(14-8-6-4-2)20-11-10-18(25)15-19(20)17-9-12-21(22)23-16-17/h9,12,16,19-20H,3-8,10-11,13-15H2,1-2H3. The third kappa shape index (κ3) is 6.38. The summed E-state index contributed by atoms with van der Waals surface area (Å²) in [6.45, 7) is 6.80. The van der Waals surface area contributed by atoms with Gasteiger partial charge in [-0.25, -0.2) is 4.98 Å². The topological polar surface area (TPSA) is 33.2 Å². The van der Waals surface area contributed by atoms with Crippen molar-refractivity contribution in [1.82, 2.24) is 9.88 Å². The molecule has 0 radical (unpaired) electrons. The largest absolute Gasteiger partial charge is 0.300 e. The lowest BCUT2D eigenvalue weighted by atomic mass is 9.79. The van der Waals surface area contributed by atoms with E-state index < -0.39 is 0 Å². The summed E-state index contributed by atoms with van der Waals surface area (Å²) in [6.07, 6.45) is 11.8. The van der Waals surface area contributed by atoms with Gasteiger partial charge in [-0.15, -0.1) is 0 Å². The molecule has 1 aromatic heterocycles. The van der Waals surface area contributed by atoms with Gasteiger partial charge in [0.05, 0.1) is 0 Å². The summed E-state index contributed by atoms with van der Waals surface area (Å²) in [5.74, 6) is 0.646. The Kier molecular flexibility index (Phi) is 8.91. The summed E-state index contributed by atoms with van der Waals surface area (Å²) in [4.78, 5) is 19.1. The van der Waals surface area contributed by atoms with E-state index in [1.165, 1.54) is 44.1 Å². The molecule has 3 nitrogen and oxygen atoms in total. The van der Waals surface area contributed by atoms with Crippen molar-refractivity contribution in [3.05, 3.63) is 29.0 Å². The van der Waals surface area contributed by atoms with Crippen molar-refractivity contribution in [2.75, 3.05) is 13.1 Å². The van der Waals surface area contributed by atoms with E-state index in [1.54, 1.807) is 0 Å². The number of nitrogens with zero attached hydrogens (tertiary/aromatic N) is 2. The second kappa shape index (κ2) is 10.9. The molecule has 2 atom stereocenters. The molecule has 1 fully saturated rings. The molecule has 0 aromatic carbocycles. The van der Waals surface area contributed by atoms with Gasteiger partial charge in [0, 0.05) is 31.0 Å². The van der Waals surface area contributed by atoms with Crippen LogP contribution in [0, 0.1) is 0 Å². The Morgan fingerprint density at radius 3 is 2.36 bits per heavy atom. The van der Waals surface area contributed by atoms with Gasteiger partial charge in [0.2, 0.25) is 0 Å². The van der Waals surface area contributed by atoms with Crippen LogP contribution >= 0.6 is 11.6 Å². The van der Waals surface area contributed by atoms with E-state index in [4.69, 9.17) is 11.6 Å². The Morgan fingerprint density at radius 1 is 1.12 bits per heavy atom. The molecular formula is C21H33ClN2O. The number of ketones is 1. The van der Waals surface area contributed by atoms with Gasteiger partial charge in [-0.3, -0.25) is 9.69 Å². The highest BCUT2D eigenvalue weighted by atomic mass is 35.5. The maximum Gasteiger partial charge on any atom is 0.133 e. The number of unbranched alkanes of at least 4 members (excludes halogenated alkanes) is 4. The first-order valence-corrected chi connectivity index (χ1v) is 10.4. The molecule has 0 N–H and O–H groups in total. The molecule has 25 heavy (non-hydrogen) atoms. The molecular weight excluding hydrogens is 332 g/mol. The molecule has 0 aliphatic heterocycles. The Balaban J connectivity index is 2.14. The van der Waals surface area contributed by atoms with Gasteiger partial charge < -0.3 is 0 Å². The summed E-state index contributed by atoms with van der Waals surface area (Å²) >= 11 is 5.96. The number of hydrogen-bond donors (Lipinski definition) is 0. The van der Waals surface area contributed by atoms with E-state index in [0.29, 0.717) is 23.4 Å². The van der Waals surface area contributed by atoms with E-state index in [9.17, 15) is 4.79 Å². The average molecular weight is 365 g/mol.